The van der Waals surface area contributed by atoms with Crippen LogP contribution in [0.3, 0.4) is 0 Å². The first kappa shape index (κ1) is 8.38. The summed E-state index contributed by atoms with van der Waals surface area (Å²) in [5, 5.41) is 20.4. The van der Waals surface area contributed by atoms with Crippen LogP contribution in [0, 0.1) is 0 Å². The molecule has 0 aliphatic heterocycles. The molecule has 0 unspecified atom stereocenters. The van der Waals surface area contributed by atoms with Crippen molar-refractivity contribution in [1.82, 2.24) is 0 Å². The summed E-state index contributed by atoms with van der Waals surface area (Å²) in [4.78, 5) is 0. The molecule has 66 valence electrons. The van der Waals surface area contributed by atoms with E-state index in [0.717, 1.165) is 10.8 Å². The fraction of sp³-hybridized carbons (Fsp3) is 0. The van der Waals surface area contributed by atoms with Gasteiger partial charge in [-0.15, -0.1) is 0 Å². The topological polar surface area (TPSA) is 40.5 Å². The van der Waals surface area contributed by atoms with Crippen molar-refractivity contribution in [3.63, 3.8) is 0 Å². The molecular weight excluding hydrogens is 232 g/mol. The van der Waals surface area contributed by atoms with Crippen LogP contribution in [-0.2, 0) is 0 Å². The predicted octanol–water partition coefficient (Wildman–Crippen LogP) is 3.01. The molecule has 13 heavy (non-hydrogen) atoms. The highest BCUT2D eigenvalue weighted by molar-refractivity contribution is 9.10. The monoisotopic (exact) mass is 238 g/mol. The van der Waals surface area contributed by atoms with Gasteiger partial charge >= 0.3 is 0 Å². The number of rotatable bonds is 0. The van der Waals surface area contributed by atoms with Gasteiger partial charge in [-0.25, -0.2) is 0 Å². The highest BCUT2D eigenvalue weighted by Crippen LogP contribution is 2.33. The van der Waals surface area contributed by atoms with Gasteiger partial charge in [-0.05, 0) is 51.0 Å². The summed E-state index contributed by atoms with van der Waals surface area (Å²) >= 11 is 3.27. The van der Waals surface area contributed by atoms with Crippen molar-refractivity contribution in [1.29, 1.82) is 0 Å². The molecule has 0 saturated heterocycles. The normalized spacial score (nSPS) is 10.5. The second kappa shape index (κ2) is 2.92. The maximum atomic E-state index is 9.38. The highest BCUT2D eigenvalue weighted by atomic mass is 79.9. The van der Waals surface area contributed by atoms with Crippen LogP contribution in [0.5, 0.6) is 11.5 Å². The van der Waals surface area contributed by atoms with Gasteiger partial charge in [0.25, 0.3) is 0 Å². The summed E-state index contributed by atoms with van der Waals surface area (Å²) in [6.45, 7) is 0. The quantitative estimate of drug-likeness (QED) is 0.741. The number of hydrogen-bond donors (Lipinski definition) is 2. The molecular formula is C10H7BrO2. The number of phenolic OH excluding ortho intramolecular Hbond substituents is 2. The van der Waals surface area contributed by atoms with Crippen molar-refractivity contribution in [3.8, 4) is 11.5 Å². The maximum Gasteiger partial charge on any atom is 0.130 e. The van der Waals surface area contributed by atoms with E-state index in [4.69, 9.17) is 0 Å². The zero-order valence-corrected chi connectivity index (χ0v) is 8.25. The summed E-state index contributed by atoms with van der Waals surface area (Å²) < 4.78 is 0.657. The lowest BCUT2D eigenvalue weighted by Crippen LogP contribution is -1.75. The molecule has 2 aromatic carbocycles. The van der Waals surface area contributed by atoms with Gasteiger partial charge in [0.2, 0.25) is 0 Å². The van der Waals surface area contributed by atoms with Gasteiger partial charge < -0.3 is 10.2 Å². The van der Waals surface area contributed by atoms with Gasteiger partial charge in [0.15, 0.2) is 0 Å². The van der Waals surface area contributed by atoms with E-state index in [-0.39, 0.29) is 11.5 Å². The molecule has 2 aromatic rings. The van der Waals surface area contributed by atoms with Crippen LogP contribution in [0.25, 0.3) is 10.8 Å². The molecule has 2 nitrogen and oxygen atoms in total. The van der Waals surface area contributed by atoms with Crippen LogP contribution in [0.1, 0.15) is 0 Å². The first-order valence-electron chi connectivity index (χ1n) is 3.78. The van der Waals surface area contributed by atoms with Crippen molar-refractivity contribution in [2.45, 2.75) is 0 Å². The Morgan fingerprint density at radius 1 is 1.00 bits per heavy atom. The van der Waals surface area contributed by atoms with Crippen LogP contribution < -0.4 is 0 Å². The second-order valence-electron chi connectivity index (χ2n) is 2.80. The first-order chi connectivity index (χ1) is 6.18. The van der Waals surface area contributed by atoms with E-state index in [9.17, 15) is 10.2 Å². The van der Waals surface area contributed by atoms with Crippen LogP contribution in [0.15, 0.2) is 34.8 Å². The molecule has 0 saturated carbocycles. The average Bonchev–Trinajstić information content (AvgIpc) is 2.12. The average molecular weight is 239 g/mol. The van der Waals surface area contributed by atoms with Crippen LogP contribution >= 0.6 is 15.9 Å². The Balaban J connectivity index is 2.87. The number of hydrogen-bond acceptors (Lipinski definition) is 2. The molecule has 0 fully saturated rings. The third-order valence-electron chi connectivity index (χ3n) is 1.92. The summed E-state index contributed by atoms with van der Waals surface area (Å²) in [7, 11) is 0. The Labute approximate surface area is 83.6 Å². The minimum Gasteiger partial charge on any atom is -0.508 e. The molecule has 3 heteroatoms. The Morgan fingerprint density at radius 2 is 1.77 bits per heavy atom. The van der Waals surface area contributed by atoms with Gasteiger partial charge in [0.05, 0.1) is 4.47 Å². The molecule has 0 atom stereocenters. The zero-order chi connectivity index (χ0) is 9.42. The number of benzene rings is 2. The summed E-state index contributed by atoms with van der Waals surface area (Å²) in [5.41, 5.74) is 0. The van der Waals surface area contributed by atoms with E-state index in [0.29, 0.717) is 4.47 Å². The van der Waals surface area contributed by atoms with Crippen molar-refractivity contribution in [3.05, 3.63) is 34.8 Å². The minimum atomic E-state index is 0.207. The lowest BCUT2D eigenvalue weighted by molar-refractivity contribution is 0.472. The zero-order valence-electron chi connectivity index (χ0n) is 6.66. The molecule has 0 aliphatic carbocycles. The van der Waals surface area contributed by atoms with E-state index >= 15 is 0 Å². The van der Waals surface area contributed by atoms with E-state index in [1.165, 1.54) is 0 Å². The molecule has 0 aromatic heterocycles. The molecule has 0 radical (unpaired) electrons. The number of halogens is 1. The number of phenols is 2. The summed E-state index contributed by atoms with van der Waals surface area (Å²) in [5.74, 6) is 0.434. The van der Waals surface area contributed by atoms with Gasteiger partial charge in [0, 0.05) is 0 Å². The molecule has 2 N–H and O–H groups in total. The minimum absolute atomic E-state index is 0.207. The van der Waals surface area contributed by atoms with Gasteiger partial charge in [-0.2, -0.15) is 0 Å². The van der Waals surface area contributed by atoms with Crippen molar-refractivity contribution < 1.29 is 10.2 Å². The Kier molecular flexibility index (Phi) is 1.88. The summed E-state index contributed by atoms with van der Waals surface area (Å²) in [6.07, 6.45) is 0. The summed E-state index contributed by atoms with van der Waals surface area (Å²) in [6, 6.07) is 8.35. The molecule has 0 amide bonds. The van der Waals surface area contributed by atoms with Gasteiger partial charge in [0.1, 0.15) is 11.5 Å². The van der Waals surface area contributed by atoms with Crippen molar-refractivity contribution >= 4 is 26.7 Å². The molecule has 0 heterocycles. The van der Waals surface area contributed by atoms with Gasteiger partial charge in [-0.1, -0.05) is 6.07 Å². The first-order valence-corrected chi connectivity index (χ1v) is 4.58. The molecule has 0 spiro atoms. The van der Waals surface area contributed by atoms with E-state index < -0.39 is 0 Å². The lowest BCUT2D eigenvalue weighted by atomic mass is 10.1. The predicted molar refractivity (Wildman–Crippen MR) is 55.0 cm³/mol. The fourth-order valence-electron chi connectivity index (χ4n) is 1.27. The van der Waals surface area contributed by atoms with Crippen LogP contribution in [0.4, 0.5) is 0 Å². The standard InChI is InChI=1S/C10H7BrO2/c11-10-8-3-2-7(12)5-6(8)1-4-9(10)13/h1-5,12-13H. The Morgan fingerprint density at radius 3 is 2.54 bits per heavy atom. The Hall–Kier alpha value is -1.22. The van der Waals surface area contributed by atoms with E-state index in [2.05, 4.69) is 15.9 Å². The smallest absolute Gasteiger partial charge is 0.130 e. The largest absolute Gasteiger partial charge is 0.508 e. The molecule has 0 bridgehead atoms. The molecule has 2 rings (SSSR count). The Bertz CT molecular complexity index is 466. The fourth-order valence-corrected chi connectivity index (χ4v) is 1.76. The maximum absolute atomic E-state index is 9.38. The van der Waals surface area contributed by atoms with Crippen LogP contribution in [0.2, 0.25) is 0 Å². The number of fused-ring (bicyclic) bond motifs is 1. The van der Waals surface area contributed by atoms with Gasteiger partial charge in [-0.3, -0.25) is 0 Å². The van der Waals surface area contributed by atoms with Crippen molar-refractivity contribution in [2.75, 3.05) is 0 Å². The number of aromatic hydroxyl groups is 2. The second-order valence-corrected chi connectivity index (χ2v) is 3.60. The van der Waals surface area contributed by atoms with Crippen molar-refractivity contribution in [2.24, 2.45) is 0 Å². The van der Waals surface area contributed by atoms with Crippen LogP contribution in [-0.4, -0.2) is 10.2 Å². The highest BCUT2D eigenvalue weighted by Gasteiger charge is 2.03. The SMILES string of the molecule is Oc1ccc2c(Br)c(O)ccc2c1. The third kappa shape index (κ3) is 1.35. The molecule has 0 aliphatic rings. The lowest BCUT2D eigenvalue weighted by Gasteiger charge is -2.02. The third-order valence-corrected chi connectivity index (χ3v) is 2.75. The van der Waals surface area contributed by atoms with E-state index in [1.807, 2.05) is 0 Å². The van der Waals surface area contributed by atoms with E-state index in [1.54, 1.807) is 30.3 Å².